The zero-order valence-electron chi connectivity index (χ0n) is 15.6. The number of ether oxygens (including phenoxy) is 1. The van der Waals surface area contributed by atoms with E-state index in [4.69, 9.17) is 16.3 Å². The van der Waals surface area contributed by atoms with E-state index in [0.717, 1.165) is 12.8 Å². The third-order valence-electron chi connectivity index (χ3n) is 4.00. The third-order valence-corrected chi connectivity index (χ3v) is 4.29. The van der Waals surface area contributed by atoms with Crippen LogP contribution in [0.1, 0.15) is 47.0 Å². The molecule has 0 saturated carbocycles. The molecule has 0 aliphatic rings. The van der Waals surface area contributed by atoms with E-state index in [1.54, 1.807) is 23.1 Å². The van der Waals surface area contributed by atoms with Crippen LogP contribution in [0, 0.1) is 5.92 Å². The van der Waals surface area contributed by atoms with Crippen LogP contribution >= 0.6 is 11.6 Å². The summed E-state index contributed by atoms with van der Waals surface area (Å²) >= 11 is 6.20. The number of anilines is 1. The molecular weight excluding hydrogens is 340 g/mol. The molecule has 1 unspecified atom stereocenters. The average Bonchev–Trinajstić information content (AvgIpc) is 2.55. The molecule has 0 aromatic heterocycles. The van der Waals surface area contributed by atoms with Gasteiger partial charge in [-0.05, 0) is 38.0 Å². The summed E-state index contributed by atoms with van der Waals surface area (Å²) in [4.78, 5) is 25.7. The fourth-order valence-corrected chi connectivity index (χ4v) is 2.86. The van der Waals surface area contributed by atoms with Crippen molar-refractivity contribution in [1.82, 2.24) is 4.90 Å². The first-order chi connectivity index (χ1) is 11.9. The predicted octanol–water partition coefficient (Wildman–Crippen LogP) is 4.35. The van der Waals surface area contributed by atoms with Crippen molar-refractivity contribution < 1.29 is 14.3 Å². The molecule has 2 amide bonds. The molecule has 0 aliphatic carbocycles. The Balaban J connectivity index is 2.59. The number of carbonyl (C=O) groups is 2. The van der Waals surface area contributed by atoms with Crippen molar-refractivity contribution in [2.45, 2.75) is 47.0 Å². The molecule has 1 aromatic carbocycles. The van der Waals surface area contributed by atoms with Gasteiger partial charge < -0.3 is 15.0 Å². The maximum atomic E-state index is 12.0. The highest BCUT2D eigenvalue weighted by Crippen LogP contribution is 2.28. The minimum Gasteiger partial charge on any atom is -0.482 e. The first kappa shape index (κ1) is 21.3. The first-order valence-electron chi connectivity index (χ1n) is 8.91. The number of benzene rings is 1. The molecule has 1 rings (SSSR count). The number of nitrogens with zero attached hydrogens (tertiary/aromatic N) is 1. The fraction of sp³-hybridized carbons (Fsp3) is 0.579. The topological polar surface area (TPSA) is 58.6 Å². The maximum absolute atomic E-state index is 12.0. The van der Waals surface area contributed by atoms with Gasteiger partial charge in [0.15, 0.2) is 6.61 Å². The second-order valence-electron chi connectivity index (χ2n) is 6.15. The van der Waals surface area contributed by atoms with Crippen LogP contribution in [0.25, 0.3) is 0 Å². The van der Waals surface area contributed by atoms with E-state index in [1.165, 1.54) is 0 Å². The highest BCUT2D eigenvalue weighted by molar-refractivity contribution is 6.32. The normalized spacial score (nSPS) is 11.7. The predicted molar refractivity (Wildman–Crippen MR) is 102 cm³/mol. The van der Waals surface area contributed by atoms with Gasteiger partial charge in [0.2, 0.25) is 5.91 Å². The van der Waals surface area contributed by atoms with Gasteiger partial charge in [-0.15, -0.1) is 0 Å². The van der Waals surface area contributed by atoms with Gasteiger partial charge in [0, 0.05) is 25.2 Å². The summed E-state index contributed by atoms with van der Waals surface area (Å²) < 4.78 is 5.50. The highest BCUT2D eigenvalue weighted by atomic mass is 35.5. The standard InChI is InChI=1S/C19H29ClN2O3/c1-5-8-14(4)11-18(23)21-15-9-10-17(16(20)12-15)25-13-19(24)22(6-2)7-3/h9-10,12,14H,5-8,11,13H2,1-4H3,(H,21,23). The minimum atomic E-state index is -0.0802. The Labute approximate surface area is 155 Å². The van der Waals surface area contributed by atoms with Crippen molar-refractivity contribution in [1.29, 1.82) is 0 Å². The monoisotopic (exact) mass is 368 g/mol. The lowest BCUT2D eigenvalue weighted by Crippen LogP contribution is -2.34. The Hall–Kier alpha value is -1.75. The lowest BCUT2D eigenvalue weighted by Gasteiger charge is -2.19. The Bertz CT molecular complexity index is 574. The van der Waals surface area contributed by atoms with E-state index in [0.29, 0.717) is 41.9 Å². The van der Waals surface area contributed by atoms with Gasteiger partial charge >= 0.3 is 0 Å². The Morgan fingerprint density at radius 1 is 1.24 bits per heavy atom. The van der Waals surface area contributed by atoms with E-state index >= 15 is 0 Å². The van der Waals surface area contributed by atoms with E-state index in [-0.39, 0.29) is 18.4 Å². The van der Waals surface area contributed by atoms with E-state index < -0.39 is 0 Å². The number of halogens is 1. The molecule has 1 N–H and O–H groups in total. The van der Waals surface area contributed by atoms with Crippen molar-refractivity contribution in [3.63, 3.8) is 0 Å². The Morgan fingerprint density at radius 2 is 1.92 bits per heavy atom. The molecule has 140 valence electrons. The van der Waals surface area contributed by atoms with E-state index in [1.807, 2.05) is 13.8 Å². The first-order valence-corrected chi connectivity index (χ1v) is 9.28. The van der Waals surface area contributed by atoms with Crippen LogP contribution < -0.4 is 10.1 Å². The molecule has 0 spiro atoms. The number of nitrogens with one attached hydrogen (secondary N) is 1. The van der Waals surface area contributed by atoms with Crippen LogP contribution in [0.5, 0.6) is 5.75 Å². The number of likely N-dealkylation sites (N-methyl/N-ethyl adjacent to an activating group) is 1. The molecular formula is C19H29ClN2O3. The van der Waals surface area contributed by atoms with Crippen LogP contribution in [-0.2, 0) is 9.59 Å². The quantitative estimate of drug-likeness (QED) is 0.667. The van der Waals surface area contributed by atoms with Crippen LogP contribution in [0.2, 0.25) is 5.02 Å². The van der Waals surface area contributed by atoms with Crippen molar-refractivity contribution in [3.05, 3.63) is 23.2 Å². The number of amides is 2. The van der Waals surface area contributed by atoms with E-state index in [2.05, 4.69) is 19.2 Å². The number of rotatable bonds is 10. The van der Waals surface area contributed by atoms with Crippen LogP contribution in [0.15, 0.2) is 18.2 Å². The summed E-state index contributed by atoms with van der Waals surface area (Å²) in [5.41, 5.74) is 0.626. The molecule has 5 nitrogen and oxygen atoms in total. The fourth-order valence-electron chi connectivity index (χ4n) is 2.63. The lowest BCUT2D eigenvalue weighted by molar-refractivity contribution is -0.133. The van der Waals surface area contributed by atoms with Crippen molar-refractivity contribution in [2.75, 3.05) is 25.0 Å². The second-order valence-corrected chi connectivity index (χ2v) is 6.55. The van der Waals surface area contributed by atoms with Gasteiger partial charge in [0.1, 0.15) is 5.75 Å². The number of hydrogen-bond donors (Lipinski definition) is 1. The van der Waals surface area contributed by atoms with Crippen LogP contribution in [0.4, 0.5) is 5.69 Å². The molecule has 1 aromatic rings. The summed E-state index contributed by atoms with van der Waals surface area (Å²) in [6.07, 6.45) is 2.59. The highest BCUT2D eigenvalue weighted by Gasteiger charge is 2.13. The number of hydrogen-bond acceptors (Lipinski definition) is 3. The average molecular weight is 369 g/mol. The molecule has 0 aliphatic heterocycles. The molecule has 0 saturated heterocycles. The van der Waals surface area contributed by atoms with Crippen molar-refractivity contribution in [3.8, 4) is 5.75 Å². The summed E-state index contributed by atoms with van der Waals surface area (Å²) in [7, 11) is 0. The van der Waals surface area contributed by atoms with Gasteiger partial charge in [0.25, 0.3) is 5.91 Å². The van der Waals surface area contributed by atoms with Gasteiger partial charge in [-0.25, -0.2) is 0 Å². The summed E-state index contributed by atoms with van der Waals surface area (Å²) in [6, 6.07) is 5.04. The molecule has 25 heavy (non-hydrogen) atoms. The van der Waals surface area contributed by atoms with E-state index in [9.17, 15) is 9.59 Å². The summed E-state index contributed by atoms with van der Waals surface area (Å²) in [6.45, 7) is 9.27. The zero-order chi connectivity index (χ0) is 18.8. The molecule has 6 heteroatoms. The van der Waals surface area contributed by atoms with Gasteiger partial charge in [0.05, 0.1) is 5.02 Å². The molecule has 0 radical (unpaired) electrons. The zero-order valence-corrected chi connectivity index (χ0v) is 16.4. The molecule has 0 bridgehead atoms. The van der Waals surface area contributed by atoms with Crippen molar-refractivity contribution >= 4 is 29.1 Å². The van der Waals surface area contributed by atoms with Crippen LogP contribution in [-0.4, -0.2) is 36.4 Å². The van der Waals surface area contributed by atoms with Gasteiger partial charge in [-0.2, -0.15) is 0 Å². The van der Waals surface area contributed by atoms with Gasteiger partial charge in [-0.1, -0.05) is 38.3 Å². The number of carbonyl (C=O) groups excluding carboxylic acids is 2. The Morgan fingerprint density at radius 3 is 2.48 bits per heavy atom. The minimum absolute atomic E-state index is 0.0256. The molecule has 1 atom stereocenters. The Kier molecular flexibility index (Phi) is 9.35. The van der Waals surface area contributed by atoms with Gasteiger partial charge in [-0.3, -0.25) is 9.59 Å². The summed E-state index contributed by atoms with van der Waals surface area (Å²) in [5, 5.41) is 3.21. The molecule has 0 heterocycles. The maximum Gasteiger partial charge on any atom is 0.260 e. The van der Waals surface area contributed by atoms with Crippen molar-refractivity contribution in [2.24, 2.45) is 5.92 Å². The second kappa shape index (κ2) is 11.0. The largest absolute Gasteiger partial charge is 0.482 e. The molecule has 0 fully saturated rings. The third kappa shape index (κ3) is 7.34. The van der Waals surface area contributed by atoms with Crippen LogP contribution in [0.3, 0.4) is 0 Å². The smallest absolute Gasteiger partial charge is 0.260 e. The SMILES string of the molecule is CCCC(C)CC(=O)Nc1ccc(OCC(=O)N(CC)CC)c(Cl)c1. The summed E-state index contributed by atoms with van der Waals surface area (Å²) in [5.74, 6) is 0.680. The lowest BCUT2D eigenvalue weighted by atomic mass is 10.0.